The third-order valence-corrected chi connectivity index (χ3v) is 5.87. The molecule has 2 aromatic carbocycles. The average molecular weight is 451 g/mol. The quantitative estimate of drug-likeness (QED) is 0.604. The largest absolute Gasteiger partial charge is 0.329 e. The number of carbonyl (C=O) groups excluding carboxylic acids is 4. The van der Waals surface area contributed by atoms with Crippen LogP contribution in [-0.4, -0.2) is 52.7 Å². The molecule has 8 nitrogen and oxygen atoms in total. The van der Waals surface area contributed by atoms with Crippen LogP contribution < -0.4 is 10.6 Å². The molecule has 8 heteroatoms. The van der Waals surface area contributed by atoms with E-state index in [4.69, 9.17) is 0 Å². The molecule has 5 amide bonds. The van der Waals surface area contributed by atoms with Gasteiger partial charge in [-0.3, -0.25) is 19.3 Å². The van der Waals surface area contributed by atoms with Crippen LogP contribution in [0.2, 0.25) is 0 Å². The lowest BCUT2D eigenvalue weighted by Gasteiger charge is -2.29. The smallest absolute Gasteiger partial charge is 0.325 e. The number of urea groups is 1. The van der Waals surface area contributed by atoms with Crippen molar-refractivity contribution in [1.29, 1.82) is 0 Å². The monoisotopic (exact) mass is 450 g/mol. The molecule has 0 radical (unpaired) electrons. The normalized spacial score (nSPS) is 18.6. The van der Waals surface area contributed by atoms with Crippen molar-refractivity contribution in [2.24, 2.45) is 0 Å². The first-order valence-electron chi connectivity index (χ1n) is 11.0. The molecule has 1 saturated heterocycles. The molecule has 0 aromatic heterocycles. The Morgan fingerprint density at radius 3 is 2.33 bits per heavy atom. The third kappa shape index (κ3) is 5.05. The molecule has 0 spiro atoms. The van der Waals surface area contributed by atoms with Crippen molar-refractivity contribution in [3.63, 3.8) is 0 Å². The van der Waals surface area contributed by atoms with Crippen molar-refractivity contribution in [3.05, 3.63) is 65.7 Å². The second kappa shape index (κ2) is 9.85. The van der Waals surface area contributed by atoms with Crippen molar-refractivity contribution < 1.29 is 19.2 Å². The van der Waals surface area contributed by atoms with Gasteiger partial charge in [-0.25, -0.2) is 4.79 Å². The molecule has 3 rings (SSSR count). The Hall–Kier alpha value is -3.68. The molecular formula is C25H30N4O4. The van der Waals surface area contributed by atoms with Gasteiger partial charge in [0, 0.05) is 12.2 Å². The van der Waals surface area contributed by atoms with E-state index in [2.05, 4.69) is 10.6 Å². The van der Waals surface area contributed by atoms with E-state index in [1.54, 1.807) is 50.2 Å². The first kappa shape index (κ1) is 24.0. The van der Waals surface area contributed by atoms with Crippen LogP contribution in [-0.2, 0) is 19.9 Å². The van der Waals surface area contributed by atoms with Gasteiger partial charge in [-0.1, -0.05) is 55.0 Å². The summed E-state index contributed by atoms with van der Waals surface area (Å²) < 4.78 is 0. The number of benzene rings is 2. The fourth-order valence-electron chi connectivity index (χ4n) is 3.83. The molecule has 2 aromatic rings. The number of para-hydroxylation sites is 1. The first-order chi connectivity index (χ1) is 15.7. The van der Waals surface area contributed by atoms with E-state index < -0.39 is 36.0 Å². The molecule has 1 heterocycles. The molecular weight excluding hydrogens is 420 g/mol. The highest BCUT2D eigenvalue weighted by molar-refractivity contribution is 6.09. The second-order valence-corrected chi connectivity index (χ2v) is 8.43. The van der Waals surface area contributed by atoms with Gasteiger partial charge in [-0.15, -0.1) is 0 Å². The fraction of sp³-hybridized carbons (Fsp3) is 0.360. The Bertz CT molecular complexity index is 1040. The highest BCUT2D eigenvalue weighted by Crippen LogP contribution is 2.29. The number of rotatable bonds is 8. The number of nitrogens with one attached hydrogen (secondary N) is 2. The maximum Gasteiger partial charge on any atom is 0.325 e. The van der Waals surface area contributed by atoms with Crippen LogP contribution in [0.4, 0.5) is 10.5 Å². The summed E-state index contributed by atoms with van der Waals surface area (Å²) >= 11 is 0. The highest BCUT2D eigenvalue weighted by Gasteiger charge is 2.49. The van der Waals surface area contributed by atoms with E-state index >= 15 is 0 Å². The number of amides is 5. The zero-order valence-corrected chi connectivity index (χ0v) is 19.4. The standard InChI is InChI=1S/C25H30N4O4/c1-5-15-28(18(3)22(31)26-20-9-7-6-8-10-20)21(30)16-29-23(32)25(4,27-24(29)33)19-13-11-17(2)12-14-19/h6-14,18H,5,15-16H2,1-4H3,(H,26,31)(H,27,33). The predicted octanol–water partition coefficient (Wildman–Crippen LogP) is 3.03. The van der Waals surface area contributed by atoms with E-state index in [1.807, 2.05) is 32.0 Å². The summed E-state index contributed by atoms with van der Waals surface area (Å²) in [6, 6.07) is 14.9. The van der Waals surface area contributed by atoms with Gasteiger partial charge >= 0.3 is 6.03 Å². The number of carbonyl (C=O) groups is 4. The van der Waals surface area contributed by atoms with E-state index in [-0.39, 0.29) is 5.91 Å². The Labute approximate surface area is 193 Å². The second-order valence-electron chi connectivity index (χ2n) is 8.43. The van der Waals surface area contributed by atoms with E-state index in [0.29, 0.717) is 24.2 Å². The van der Waals surface area contributed by atoms with Crippen LogP contribution in [0, 0.1) is 6.92 Å². The van der Waals surface area contributed by atoms with Crippen LogP contribution in [0.5, 0.6) is 0 Å². The maximum atomic E-state index is 13.2. The Morgan fingerprint density at radius 1 is 1.09 bits per heavy atom. The van der Waals surface area contributed by atoms with Gasteiger partial charge in [0.15, 0.2) is 0 Å². The number of aryl methyl sites for hydroxylation is 1. The van der Waals surface area contributed by atoms with Crippen molar-refractivity contribution in [1.82, 2.24) is 15.1 Å². The van der Waals surface area contributed by atoms with Crippen molar-refractivity contribution in [2.45, 2.75) is 45.7 Å². The molecule has 1 aliphatic rings. The van der Waals surface area contributed by atoms with Crippen LogP contribution in [0.25, 0.3) is 0 Å². The molecule has 0 saturated carbocycles. The highest BCUT2D eigenvalue weighted by atomic mass is 16.2. The molecule has 174 valence electrons. The van der Waals surface area contributed by atoms with Gasteiger partial charge < -0.3 is 15.5 Å². The zero-order valence-electron chi connectivity index (χ0n) is 19.4. The summed E-state index contributed by atoms with van der Waals surface area (Å²) in [7, 11) is 0. The molecule has 1 fully saturated rings. The summed E-state index contributed by atoms with van der Waals surface area (Å²) in [5, 5.41) is 5.51. The van der Waals surface area contributed by atoms with Crippen LogP contribution >= 0.6 is 0 Å². The Morgan fingerprint density at radius 2 is 1.73 bits per heavy atom. The predicted molar refractivity (Wildman–Crippen MR) is 125 cm³/mol. The average Bonchev–Trinajstić information content (AvgIpc) is 3.01. The van der Waals surface area contributed by atoms with Crippen molar-refractivity contribution in [2.75, 3.05) is 18.4 Å². The molecule has 2 unspecified atom stereocenters. The Balaban J connectivity index is 1.74. The van der Waals surface area contributed by atoms with Gasteiger partial charge in [-0.05, 0) is 44.9 Å². The van der Waals surface area contributed by atoms with Gasteiger partial charge in [0.05, 0.1) is 0 Å². The number of imide groups is 1. The fourth-order valence-corrected chi connectivity index (χ4v) is 3.83. The molecule has 33 heavy (non-hydrogen) atoms. The lowest BCUT2D eigenvalue weighted by molar-refractivity contribution is -0.142. The third-order valence-electron chi connectivity index (χ3n) is 5.87. The number of nitrogens with zero attached hydrogens (tertiary/aromatic N) is 2. The minimum absolute atomic E-state index is 0.321. The lowest BCUT2D eigenvalue weighted by Crippen LogP contribution is -2.50. The number of anilines is 1. The first-order valence-corrected chi connectivity index (χ1v) is 11.0. The molecule has 0 aliphatic carbocycles. The minimum atomic E-state index is -1.25. The number of hydrogen-bond acceptors (Lipinski definition) is 4. The van der Waals surface area contributed by atoms with Gasteiger partial charge in [0.25, 0.3) is 5.91 Å². The summed E-state index contributed by atoms with van der Waals surface area (Å²) in [6.07, 6.45) is 0.621. The van der Waals surface area contributed by atoms with Gasteiger partial charge in [0.2, 0.25) is 11.8 Å². The zero-order chi connectivity index (χ0) is 24.2. The molecule has 1 aliphatic heterocycles. The van der Waals surface area contributed by atoms with E-state index in [1.165, 1.54) is 4.90 Å². The topological polar surface area (TPSA) is 98.8 Å². The molecule has 0 bridgehead atoms. The minimum Gasteiger partial charge on any atom is -0.329 e. The summed E-state index contributed by atoms with van der Waals surface area (Å²) in [4.78, 5) is 54.0. The SMILES string of the molecule is CCCN(C(=O)CN1C(=O)NC(C)(c2ccc(C)cc2)C1=O)C(C)C(=O)Nc1ccccc1. The lowest BCUT2D eigenvalue weighted by atomic mass is 9.91. The van der Waals surface area contributed by atoms with Crippen LogP contribution in [0.15, 0.2) is 54.6 Å². The molecule has 2 N–H and O–H groups in total. The van der Waals surface area contributed by atoms with E-state index in [0.717, 1.165) is 10.5 Å². The molecule has 2 atom stereocenters. The maximum absolute atomic E-state index is 13.2. The van der Waals surface area contributed by atoms with Gasteiger partial charge in [0.1, 0.15) is 18.1 Å². The van der Waals surface area contributed by atoms with E-state index in [9.17, 15) is 19.2 Å². The summed E-state index contributed by atoms with van der Waals surface area (Å²) in [5.41, 5.74) is 1.05. The Kier molecular flexibility index (Phi) is 7.16. The van der Waals surface area contributed by atoms with Crippen LogP contribution in [0.3, 0.4) is 0 Å². The van der Waals surface area contributed by atoms with Crippen molar-refractivity contribution >= 4 is 29.4 Å². The summed E-state index contributed by atoms with van der Waals surface area (Å²) in [5.74, 6) is -1.31. The van der Waals surface area contributed by atoms with Gasteiger partial charge in [-0.2, -0.15) is 0 Å². The van der Waals surface area contributed by atoms with Crippen molar-refractivity contribution in [3.8, 4) is 0 Å². The number of hydrogen-bond donors (Lipinski definition) is 2. The van der Waals surface area contributed by atoms with Crippen LogP contribution in [0.1, 0.15) is 38.3 Å². The summed E-state index contributed by atoms with van der Waals surface area (Å²) in [6.45, 7) is 6.97.